The van der Waals surface area contributed by atoms with E-state index in [1.54, 1.807) is 0 Å². The first-order valence-electron chi connectivity index (χ1n) is 5.77. The Morgan fingerprint density at radius 1 is 1.25 bits per heavy atom. The Morgan fingerprint density at radius 2 is 1.88 bits per heavy atom. The first-order chi connectivity index (χ1) is 7.61. The molecule has 16 heavy (non-hydrogen) atoms. The van der Waals surface area contributed by atoms with Crippen LogP contribution in [0, 0.1) is 0 Å². The second-order valence-electron chi connectivity index (χ2n) is 4.10. The molecule has 2 atom stereocenters. The summed E-state index contributed by atoms with van der Waals surface area (Å²) in [5, 5.41) is 4.14. The number of thioether (sulfide) groups is 1. The molecule has 0 fully saturated rings. The standard InChI is InChI=1S/C13H20BrNS/c1-4-10(2)15-9-11(3)16-13-7-5-12(14)6-8-13/h5-8,10-11,15H,4,9H2,1-3H3. The summed E-state index contributed by atoms with van der Waals surface area (Å²) in [5.41, 5.74) is 0. The van der Waals surface area contributed by atoms with E-state index in [2.05, 4.69) is 66.3 Å². The largest absolute Gasteiger partial charge is 0.313 e. The van der Waals surface area contributed by atoms with Gasteiger partial charge in [0.05, 0.1) is 0 Å². The average Bonchev–Trinajstić information content (AvgIpc) is 2.29. The number of nitrogens with one attached hydrogen (secondary N) is 1. The van der Waals surface area contributed by atoms with E-state index in [-0.39, 0.29) is 0 Å². The maximum atomic E-state index is 3.53. The summed E-state index contributed by atoms with van der Waals surface area (Å²) in [6, 6.07) is 9.13. The zero-order valence-electron chi connectivity index (χ0n) is 10.2. The normalized spacial score (nSPS) is 14.8. The first-order valence-corrected chi connectivity index (χ1v) is 7.44. The summed E-state index contributed by atoms with van der Waals surface area (Å²) in [4.78, 5) is 1.33. The van der Waals surface area contributed by atoms with Crippen molar-refractivity contribution in [1.29, 1.82) is 0 Å². The highest BCUT2D eigenvalue weighted by Gasteiger charge is 2.05. The van der Waals surface area contributed by atoms with Gasteiger partial charge in [0.1, 0.15) is 0 Å². The van der Waals surface area contributed by atoms with Crippen LogP contribution in [0.5, 0.6) is 0 Å². The van der Waals surface area contributed by atoms with E-state index < -0.39 is 0 Å². The number of hydrogen-bond acceptors (Lipinski definition) is 2. The van der Waals surface area contributed by atoms with Gasteiger partial charge in [-0.05, 0) is 37.6 Å². The van der Waals surface area contributed by atoms with Gasteiger partial charge in [-0.1, -0.05) is 29.8 Å². The molecular weight excluding hydrogens is 282 g/mol. The fraction of sp³-hybridized carbons (Fsp3) is 0.538. The van der Waals surface area contributed by atoms with Crippen LogP contribution in [0.3, 0.4) is 0 Å². The molecule has 0 aromatic heterocycles. The highest BCUT2D eigenvalue weighted by molar-refractivity contribution is 9.10. The number of halogens is 1. The minimum atomic E-state index is 0.607. The lowest BCUT2D eigenvalue weighted by molar-refractivity contribution is 0.537. The minimum Gasteiger partial charge on any atom is -0.313 e. The monoisotopic (exact) mass is 301 g/mol. The van der Waals surface area contributed by atoms with Gasteiger partial charge in [-0.15, -0.1) is 11.8 Å². The third kappa shape index (κ3) is 5.37. The molecule has 0 spiro atoms. The molecule has 0 aliphatic rings. The molecule has 3 heteroatoms. The second kappa shape index (κ2) is 7.36. The molecule has 0 bridgehead atoms. The van der Waals surface area contributed by atoms with E-state index in [4.69, 9.17) is 0 Å². The summed E-state index contributed by atoms with van der Waals surface area (Å²) >= 11 is 5.37. The number of rotatable bonds is 6. The number of benzene rings is 1. The van der Waals surface area contributed by atoms with Gasteiger partial charge in [0.25, 0.3) is 0 Å². The van der Waals surface area contributed by atoms with Crippen LogP contribution in [-0.2, 0) is 0 Å². The Bertz CT molecular complexity index is 299. The van der Waals surface area contributed by atoms with E-state index >= 15 is 0 Å². The van der Waals surface area contributed by atoms with Crippen molar-refractivity contribution >= 4 is 27.7 Å². The van der Waals surface area contributed by atoms with Crippen LogP contribution in [0.1, 0.15) is 27.2 Å². The molecular formula is C13H20BrNS. The zero-order valence-corrected chi connectivity index (χ0v) is 12.6. The maximum absolute atomic E-state index is 3.53. The van der Waals surface area contributed by atoms with Crippen LogP contribution in [0.2, 0.25) is 0 Å². The van der Waals surface area contributed by atoms with Crippen LogP contribution in [0.4, 0.5) is 0 Å². The molecule has 1 N–H and O–H groups in total. The van der Waals surface area contributed by atoms with E-state index in [9.17, 15) is 0 Å². The van der Waals surface area contributed by atoms with Gasteiger partial charge in [0.15, 0.2) is 0 Å². The molecule has 0 amide bonds. The smallest absolute Gasteiger partial charge is 0.0191 e. The lowest BCUT2D eigenvalue weighted by Gasteiger charge is -2.16. The van der Waals surface area contributed by atoms with Crippen molar-refractivity contribution in [2.75, 3.05) is 6.54 Å². The first kappa shape index (κ1) is 14.1. The van der Waals surface area contributed by atoms with Crippen molar-refractivity contribution in [2.45, 2.75) is 43.4 Å². The fourth-order valence-corrected chi connectivity index (χ4v) is 2.50. The van der Waals surface area contributed by atoms with Crippen LogP contribution < -0.4 is 5.32 Å². The van der Waals surface area contributed by atoms with Crippen molar-refractivity contribution < 1.29 is 0 Å². The Balaban J connectivity index is 2.33. The molecule has 0 radical (unpaired) electrons. The summed E-state index contributed by atoms with van der Waals surface area (Å²) in [6.45, 7) is 7.78. The lowest BCUT2D eigenvalue weighted by Crippen LogP contribution is -2.30. The molecule has 0 saturated carbocycles. The van der Waals surface area contributed by atoms with Crippen molar-refractivity contribution in [2.24, 2.45) is 0 Å². The summed E-state index contributed by atoms with van der Waals surface area (Å²) in [7, 11) is 0. The highest BCUT2D eigenvalue weighted by Crippen LogP contribution is 2.24. The Hall–Kier alpha value is 0.01000. The molecule has 2 unspecified atom stereocenters. The zero-order chi connectivity index (χ0) is 12.0. The molecule has 90 valence electrons. The molecule has 0 aliphatic heterocycles. The summed E-state index contributed by atoms with van der Waals surface area (Å²) < 4.78 is 1.14. The van der Waals surface area contributed by atoms with Crippen molar-refractivity contribution in [3.8, 4) is 0 Å². The highest BCUT2D eigenvalue weighted by atomic mass is 79.9. The Morgan fingerprint density at radius 3 is 2.44 bits per heavy atom. The molecule has 1 aromatic rings. The molecule has 1 rings (SSSR count). The molecule has 0 saturated heterocycles. The molecule has 0 aliphatic carbocycles. The van der Waals surface area contributed by atoms with E-state index in [0.717, 1.165) is 11.0 Å². The quantitative estimate of drug-likeness (QED) is 0.786. The van der Waals surface area contributed by atoms with E-state index in [1.807, 2.05) is 11.8 Å². The Labute approximate surface area is 112 Å². The van der Waals surface area contributed by atoms with Crippen molar-refractivity contribution in [3.63, 3.8) is 0 Å². The van der Waals surface area contributed by atoms with Crippen LogP contribution in [0.15, 0.2) is 33.6 Å². The Kier molecular flexibility index (Phi) is 6.47. The van der Waals surface area contributed by atoms with Gasteiger partial charge >= 0.3 is 0 Å². The van der Waals surface area contributed by atoms with Crippen LogP contribution >= 0.6 is 27.7 Å². The van der Waals surface area contributed by atoms with Gasteiger partial charge in [-0.3, -0.25) is 0 Å². The predicted molar refractivity (Wildman–Crippen MR) is 77.2 cm³/mol. The molecule has 1 aromatic carbocycles. The SMILES string of the molecule is CCC(C)NCC(C)Sc1ccc(Br)cc1. The minimum absolute atomic E-state index is 0.607. The fourth-order valence-electron chi connectivity index (χ4n) is 1.30. The molecule has 0 heterocycles. The predicted octanol–water partition coefficient (Wildman–Crippen LogP) is 4.32. The maximum Gasteiger partial charge on any atom is 0.0191 e. The van der Waals surface area contributed by atoms with Gasteiger partial charge in [0.2, 0.25) is 0 Å². The molecule has 1 nitrogen and oxygen atoms in total. The van der Waals surface area contributed by atoms with Gasteiger partial charge < -0.3 is 5.32 Å². The van der Waals surface area contributed by atoms with E-state index in [0.29, 0.717) is 11.3 Å². The number of hydrogen-bond donors (Lipinski definition) is 1. The van der Waals surface area contributed by atoms with Crippen LogP contribution in [-0.4, -0.2) is 17.8 Å². The topological polar surface area (TPSA) is 12.0 Å². The van der Waals surface area contributed by atoms with Gasteiger partial charge in [-0.2, -0.15) is 0 Å². The van der Waals surface area contributed by atoms with Crippen molar-refractivity contribution in [1.82, 2.24) is 5.32 Å². The van der Waals surface area contributed by atoms with Crippen LogP contribution in [0.25, 0.3) is 0 Å². The third-order valence-electron chi connectivity index (χ3n) is 2.52. The van der Waals surface area contributed by atoms with Gasteiger partial charge in [0, 0.05) is 27.2 Å². The average molecular weight is 302 g/mol. The summed E-state index contributed by atoms with van der Waals surface area (Å²) in [5.74, 6) is 0. The van der Waals surface area contributed by atoms with Gasteiger partial charge in [-0.25, -0.2) is 0 Å². The van der Waals surface area contributed by atoms with Crippen molar-refractivity contribution in [3.05, 3.63) is 28.7 Å². The summed E-state index contributed by atoms with van der Waals surface area (Å²) in [6.07, 6.45) is 1.19. The third-order valence-corrected chi connectivity index (χ3v) is 4.16. The van der Waals surface area contributed by atoms with E-state index in [1.165, 1.54) is 11.3 Å². The lowest BCUT2D eigenvalue weighted by atomic mass is 10.2. The second-order valence-corrected chi connectivity index (χ2v) is 6.53.